The van der Waals surface area contributed by atoms with Crippen molar-refractivity contribution < 1.29 is 14.6 Å². The van der Waals surface area contributed by atoms with Gasteiger partial charge in [-0.25, -0.2) is 4.98 Å². The Morgan fingerprint density at radius 2 is 1.89 bits per heavy atom. The summed E-state index contributed by atoms with van der Waals surface area (Å²) < 4.78 is 0.583. The number of thiazole rings is 1. The third-order valence-corrected chi connectivity index (χ3v) is 4.84. The fourth-order valence-corrected chi connectivity index (χ4v) is 3.49. The Balaban J connectivity index is 1.72. The molecule has 12 heteroatoms. The van der Waals surface area contributed by atoms with Gasteiger partial charge in [-0.05, 0) is 31.3 Å². The number of thiocarbonyl (C=S) groups is 1. The molecule has 28 heavy (non-hydrogen) atoms. The second-order valence-corrected chi connectivity index (χ2v) is 7.03. The molecule has 2 N–H and O–H groups in total. The molecule has 3 aromatic rings. The summed E-state index contributed by atoms with van der Waals surface area (Å²) in [5, 5.41) is 27.3. The maximum Gasteiger partial charge on any atom is 0.273 e. The van der Waals surface area contributed by atoms with Crippen LogP contribution in [-0.4, -0.2) is 25.9 Å². The van der Waals surface area contributed by atoms with E-state index in [9.17, 15) is 25.0 Å². The van der Waals surface area contributed by atoms with Gasteiger partial charge in [0.2, 0.25) is 0 Å². The van der Waals surface area contributed by atoms with Crippen molar-refractivity contribution in [1.82, 2.24) is 10.3 Å². The van der Waals surface area contributed by atoms with Crippen molar-refractivity contribution in [2.24, 2.45) is 0 Å². The molecule has 2 aromatic carbocycles. The van der Waals surface area contributed by atoms with Crippen molar-refractivity contribution in [1.29, 1.82) is 0 Å². The number of anilines is 1. The number of non-ortho nitro benzene ring substituents is 1. The van der Waals surface area contributed by atoms with Gasteiger partial charge in [0, 0.05) is 29.3 Å². The molecule has 1 heterocycles. The van der Waals surface area contributed by atoms with Crippen LogP contribution in [0.25, 0.3) is 10.2 Å². The topological polar surface area (TPSA) is 140 Å². The summed E-state index contributed by atoms with van der Waals surface area (Å²) in [6.45, 7) is 1.57. The van der Waals surface area contributed by atoms with Crippen LogP contribution in [0.4, 0.5) is 16.5 Å². The van der Waals surface area contributed by atoms with Gasteiger partial charge in [0.15, 0.2) is 10.2 Å². The lowest BCUT2D eigenvalue weighted by Gasteiger charge is -2.07. The van der Waals surface area contributed by atoms with E-state index in [4.69, 9.17) is 12.2 Å². The number of hydrogen-bond donors (Lipinski definition) is 2. The Labute approximate surface area is 166 Å². The lowest BCUT2D eigenvalue weighted by atomic mass is 10.1. The summed E-state index contributed by atoms with van der Waals surface area (Å²) in [4.78, 5) is 37.3. The van der Waals surface area contributed by atoms with E-state index in [0.29, 0.717) is 20.9 Å². The van der Waals surface area contributed by atoms with Crippen LogP contribution in [0.15, 0.2) is 36.4 Å². The largest absolute Gasteiger partial charge is 0.308 e. The number of amides is 1. The quantitative estimate of drug-likeness (QED) is 0.373. The minimum atomic E-state index is -0.614. The minimum absolute atomic E-state index is 0.0539. The van der Waals surface area contributed by atoms with Crippen LogP contribution in [0.2, 0.25) is 0 Å². The highest BCUT2D eigenvalue weighted by molar-refractivity contribution is 7.80. The maximum absolute atomic E-state index is 12.3. The molecule has 0 saturated carbocycles. The summed E-state index contributed by atoms with van der Waals surface area (Å²) >= 11 is 6.21. The number of nitro benzene ring substituents is 2. The van der Waals surface area contributed by atoms with Gasteiger partial charge in [0.1, 0.15) is 0 Å². The molecule has 0 saturated heterocycles. The smallest absolute Gasteiger partial charge is 0.273 e. The van der Waals surface area contributed by atoms with E-state index in [2.05, 4.69) is 15.6 Å². The number of benzene rings is 2. The van der Waals surface area contributed by atoms with E-state index in [1.807, 2.05) is 0 Å². The molecule has 0 aliphatic carbocycles. The van der Waals surface area contributed by atoms with Gasteiger partial charge in [0.25, 0.3) is 17.3 Å². The van der Waals surface area contributed by atoms with E-state index in [0.717, 1.165) is 11.3 Å². The predicted molar refractivity (Wildman–Crippen MR) is 108 cm³/mol. The Kier molecular flexibility index (Phi) is 5.24. The van der Waals surface area contributed by atoms with Crippen molar-refractivity contribution in [3.8, 4) is 0 Å². The maximum atomic E-state index is 12.3. The Morgan fingerprint density at radius 3 is 2.57 bits per heavy atom. The summed E-state index contributed by atoms with van der Waals surface area (Å²) in [5.74, 6) is -0.614. The number of carbonyl (C=O) groups excluding carboxylic acids is 1. The summed E-state index contributed by atoms with van der Waals surface area (Å²) in [5.41, 5.74) is 0.840. The van der Waals surface area contributed by atoms with E-state index >= 15 is 0 Å². The first-order valence-corrected chi connectivity index (χ1v) is 8.89. The molecule has 0 aliphatic rings. The van der Waals surface area contributed by atoms with Gasteiger partial charge in [-0.2, -0.15) is 0 Å². The highest BCUT2D eigenvalue weighted by Crippen LogP contribution is 2.29. The van der Waals surface area contributed by atoms with Crippen LogP contribution in [0.3, 0.4) is 0 Å². The van der Waals surface area contributed by atoms with Crippen molar-refractivity contribution in [3.63, 3.8) is 0 Å². The highest BCUT2D eigenvalue weighted by atomic mass is 32.1. The number of nitrogens with zero attached hydrogens (tertiary/aromatic N) is 3. The number of aryl methyl sites for hydroxylation is 1. The molecule has 0 atom stereocenters. The molecule has 3 rings (SSSR count). The zero-order chi connectivity index (χ0) is 20.4. The van der Waals surface area contributed by atoms with Gasteiger partial charge < -0.3 is 5.32 Å². The van der Waals surface area contributed by atoms with Crippen LogP contribution in [0.5, 0.6) is 0 Å². The zero-order valence-electron chi connectivity index (χ0n) is 14.2. The van der Waals surface area contributed by atoms with Crippen LogP contribution in [-0.2, 0) is 0 Å². The van der Waals surface area contributed by atoms with Crippen molar-refractivity contribution in [3.05, 3.63) is 67.8 Å². The molecule has 1 amide bonds. The number of rotatable bonds is 4. The average Bonchev–Trinajstić information content (AvgIpc) is 3.02. The summed E-state index contributed by atoms with van der Waals surface area (Å²) in [6, 6.07) is 8.36. The van der Waals surface area contributed by atoms with Gasteiger partial charge in [-0.1, -0.05) is 17.4 Å². The molecule has 0 radical (unpaired) electrons. The van der Waals surface area contributed by atoms with Crippen molar-refractivity contribution in [2.45, 2.75) is 6.92 Å². The van der Waals surface area contributed by atoms with E-state index in [1.54, 1.807) is 6.92 Å². The zero-order valence-corrected chi connectivity index (χ0v) is 15.8. The minimum Gasteiger partial charge on any atom is -0.308 e. The summed E-state index contributed by atoms with van der Waals surface area (Å²) in [6.07, 6.45) is 0. The molecular weight excluding hydrogens is 406 g/mol. The molecule has 10 nitrogen and oxygen atoms in total. The Bertz CT molecular complexity index is 1140. The van der Waals surface area contributed by atoms with Crippen LogP contribution < -0.4 is 10.6 Å². The normalized spacial score (nSPS) is 10.5. The lowest BCUT2D eigenvalue weighted by molar-refractivity contribution is -0.385. The Morgan fingerprint density at radius 1 is 1.14 bits per heavy atom. The van der Waals surface area contributed by atoms with Gasteiger partial charge in [0.05, 0.1) is 20.1 Å². The molecule has 0 fully saturated rings. The SMILES string of the molecule is Cc1ccc(C(=O)NC(=S)Nc2nc3ccc([N+](=O)[O-])cc3s2)cc1[N+](=O)[O-]. The first-order chi connectivity index (χ1) is 13.2. The fourth-order valence-electron chi connectivity index (χ4n) is 2.33. The molecular formula is C16H11N5O5S2. The molecule has 0 unspecified atom stereocenters. The van der Waals surface area contributed by atoms with E-state index < -0.39 is 15.8 Å². The van der Waals surface area contributed by atoms with E-state index in [-0.39, 0.29) is 22.1 Å². The number of nitro groups is 2. The van der Waals surface area contributed by atoms with E-state index in [1.165, 1.54) is 36.4 Å². The fraction of sp³-hybridized carbons (Fsp3) is 0.0625. The number of hydrogen-bond acceptors (Lipinski definition) is 8. The number of nitrogens with one attached hydrogen (secondary N) is 2. The first kappa shape index (κ1) is 19.3. The standard InChI is InChI=1S/C16H11N5O5S2/c1-8-2-3-9(6-12(8)21(25)26)14(22)18-15(27)19-16-17-11-5-4-10(20(23)24)7-13(11)28-16/h2-7H,1H3,(H2,17,18,19,22,27). The number of carbonyl (C=O) groups is 1. The first-order valence-electron chi connectivity index (χ1n) is 7.67. The monoisotopic (exact) mass is 417 g/mol. The van der Waals surface area contributed by atoms with Crippen LogP contribution >= 0.6 is 23.6 Å². The van der Waals surface area contributed by atoms with Crippen LogP contribution in [0, 0.1) is 27.2 Å². The third kappa shape index (κ3) is 4.07. The highest BCUT2D eigenvalue weighted by Gasteiger charge is 2.16. The second kappa shape index (κ2) is 7.62. The Hall–Kier alpha value is -3.51. The molecule has 0 bridgehead atoms. The van der Waals surface area contributed by atoms with Crippen molar-refractivity contribution >= 4 is 61.3 Å². The van der Waals surface area contributed by atoms with Gasteiger partial charge in [-0.15, -0.1) is 0 Å². The van der Waals surface area contributed by atoms with Gasteiger partial charge >= 0.3 is 0 Å². The predicted octanol–water partition coefficient (Wildman–Crippen LogP) is 3.55. The molecule has 142 valence electrons. The lowest BCUT2D eigenvalue weighted by Crippen LogP contribution is -2.34. The number of aromatic nitrogens is 1. The molecule has 1 aromatic heterocycles. The molecule has 0 aliphatic heterocycles. The second-order valence-electron chi connectivity index (χ2n) is 5.59. The van der Waals surface area contributed by atoms with Crippen LogP contribution in [0.1, 0.15) is 15.9 Å². The summed E-state index contributed by atoms with van der Waals surface area (Å²) in [7, 11) is 0. The van der Waals surface area contributed by atoms with Gasteiger partial charge in [-0.3, -0.25) is 30.3 Å². The average molecular weight is 417 g/mol. The third-order valence-electron chi connectivity index (χ3n) is 3.70. The molecule has 0 spiro atoms. The van der Waals surface area contributed by atoms with Crippen molar-refractivity contribution in [2.75, 3.05) is 5.32 Å². The number of fused-ring (bicyclic) bond motifs is 1.